The SMILES string of the molecule is CC(NS(=O)(=O)c1ccc(Cl)cc1)C(=O)OCC(=O)Nc1ccc2c(c1)OCCCO2. The first-order valence-electron chi connectivity index (χ1n) is 9.38. The van der Waals surface area contributed by atoms with E-state index in [0.717, 1.165) is 6.42 Å². The lowest BCUT2D eigenvalue weighted by molar-refractivity contribution is -0.148. The van der Waals surface area contributed by atoms with E-state index in [1.165, 1.54) is 31.2 Å². The molecule has 1 atom stereocenters. The van der Waals surface area contributed by atoms with Crippen molar-refractivity contribution in [3.05, 3.63) is 47.5 Å². The van der Waals surface area contributed by atoms with Gasteiger partial charge in [-0.3, -0.25) is 9.59 Å². The van der Waals surface area contributed by atoms with E-state index in [0.29, 0.717) is 35.4 Å². The Morgan fingerprint density at radius 3 is 2.48 bits per heavy atom. The van der Waals surface area contributed by atoms with Crippen molar-refractivity contribution in [1.82, 2.24) is 4.72 Å². The molecule has 0 aliphatic carbocycles. The Morgan fingerprint density at radius 2 is 1.77 bits per heavy atom. The van der Waals surface area contributed by atoms with Crippen LogP contribution in [0.25, 0.3) is 0 Å². The lowest BCUT2D eigenvalue weighted by Gasteiger charge is -2.14. The van der Waals surface area contributed by atoms with Crippen molar-refractivity contribution >= 4 is 39.2 Å². The summed E-state index contributed by atoms with van der Waals surface area (Å²) in [5.41, 5.74) is 0.446. The molecule has 0 bridgehead atoms. The fourth-order valence-electron chi connectivity index (χ4n) is 2.66. The van der Waals surface area contributed by atoms with Gasteiger partial charge in [0.05, 0.1) is 18.1 Å². The van der Waals surface area contributed by atoms with Gasteiger partial charge in [-0.15, -0.1) is 0 Å². The Balaban J connectivity index is 1.51. The van der Waals surface area contributed by atoms with Crippen LogP contribution in [0.2, 0.25) is 5.02 Å². The topological polar surface area (TPSA) is 120 Å². The van der Waals surface area contributed by atoms with Gasteiger partial charge >= 0.3 is 5.97 Å². The summed E-state index contributed by atoms with van der Waals surface area (Å²) in [6.07, 6.45) is 0.756. The summed E-state index contributed by atoms with van der Waals surface area (Å²) in [5, 5.41) is 2.96. The molecule has 0 fully saturated rings. The van der Waals surface area contributed by atoms with Gasteiger partial charge < -0.3 is 19.5 Å². The molecular formula is C20H21ClN2O7S. The molecule has 0 saturated carbocycles. The normalized spacial score (nSPS) is 14.3. The Morgan fingerprint density at radius 1 is 1.10 bits per heavy atom. The first-order chi connectivity index (χ1) is 14.7. The van der Waals surface area contributed by atoms with Crippen LogP contribution in [0.15, 0.2) is 47.4 Å². The minimum absolute atomic E-state index is 0.0521. The number of carbonyl (C=O) groups excluding carboxylic acids is 2. The number of ether oxygens (including phenoxy) is 3. The smallest absolute Gasteiger partial charge is 0.324 e. The number of esters is 1. The molecule has 0 aromatic heterocycles. The molecule has 1 unspecified atom stereocenters. The zero-order chi connectivity index (χ0) is 22.4. The van der Waals surface area contributed by atoms with Gasteiger partial charge in [-0.05, 0) is 43.3 Å². The number of anilines is 1. The predicted octanol–water partition coefficient (Wildman–Crippen LogP) is 2.35. The van der Waals surface area contributed by atoms with Gasteiger partial charge in [0.2, 0.25) is 10.0 Å². The number of sulfonamides is 1. The highest BCUT2D eigenvalue weighted by molar-refractivity contribution is 7.89. The first-order valence-corrected chi connectivity index (χ1v) is 11.2. The Hall–Kier alpha value is -2.82. The van der Waals surface area contributed by atoms with Gasteiger partial charge in [0.15, 0.2) is 18.1 Å². The summed E-state index contributed by atoms with van der Waals surface area (Å²) in [6, 6.07) is 9.18. The van der Waals surface area contributed by atoms with E-state index in [9.17, 15) is 18.0 Å². The monoisotopic (exact) mass is 468 g/mol. The second kappa shape index (κ2) is 9.99. The third-order valence-electron chi connectivity index (χ3n) is 4.19. The predicted molar refractivity (Wildman–Crippen MR) is 113 cm³/mol. The van der Waals surface area contributed by atoms with Crippen molar-refractivity contribution in [3.8, 4) is 11.5 Å². The summed E-state index contributed by atoms with van der Waals surface area (Å²) < 4.78 is 42.8. The molecule has 2 aromatic rings. The lowest BCUT2D eigenvalue weighted by atomic mass is 10.2. The zero-order valence-corrected chi connectivity index (χ0v) is 18.2. The van der Waals surface area contributed by atoms with Gasteiger partial charge in [-0.2, -0.15) is 4.72 Å². The van der Waals surface area contributed by atoms with Gasteiger partial charge in [0.25, 0.3) is 5.91 Å². The number of carbonyl (C=O) groups is 2. The van der Waals surface area contributed by atoms with Crippen LogP contribution in [0.5, 0.6) is 11.5 Å². The number of halogens is 1. The van der Waals surface area contributed by atoms with E-state index < -0.39 is 34.5 Å². The standard InChI is InChI=1S/C20H21ClN2O7S/c1-13(23-31(26,27)16-6-3-14(21)4-7-16)20(25)30-12-19(24)22-15-5-8-17-18(11-15)29-10-2-9-28-17/h3-8,11,13,23H,2,9-10,12H2,1H3,(H,22,24). The molecule has 1 aliphatic rings. The van der Waals surface area contributed by atoms with E-state index in [4.69, 9.17) is 25.8 Å². The second-order valence-corrected chi connectivity index (χ2v) is 8.82. The molecule has 11 heteroatoms. The third-order valence-corrected chi connectivity index (χ3v) is 5.99. The molecular weight excluding hydrogens is 448 g/mol. The van der Waals surface area contributed by atoms with Crippen LogP contribution < -0.4 is 19.5 Å². The quantitative estimate of drug-likeness (QED) is 0.598. The van der Waals surface area contributed by atoms with Crippen molar-refractivity contribution in [1.29, 1.82) is 0 Å². The van der Waals surface area contributed by atoms with Crippen LogP contribution >= 0.6 is 11.6 Å². The van der Waals surface area contributed by atoms with E-state index in [1.807, 2.05) is 0 Å². The van der Waals surface area contributed by atoms with Gasteiger partial charge in [-0.1, -0.05) is 11.6 Å². The van der Waals surface area contributed by atoms with Crippen LogP contribution in [0.1, 0.15) is 13.3 Å². The number of rotatable bonds is 7. The highest BCUT2D eigenvalue weighted by atomic mass is 35.5. The maximum atomic E-state index is 12.3. The minimum atomic E-state index is -3.96. The van der Waals surface area contributed by atoms with Crippen molar-refractivity contribution < 1.29 is 32.2 Å². The fraction of sp³-hybridized carbons (Fsp3) is 0.300. The van der Waals surface area contributed by atoms with Crippen LogP contribution in [-0.2, 0) is 24.3 Å². The maximum Gasteiger partial charge on any atom is 0.324 e. The van der Waals surface area contributed by atoms with Crippen LogP contribution in [0, 0.1) is 0 Å². The average Bonchev–Trinajstić information content (AvgIpc) is 2.97. The third kappa shape index (κ3) is 6.33. The van der Waals surface area contributed by atoms with Crippen molar-refractivity contribution in [2.75, 3.05) is 25.1 Å². The number of fused-ring (bicyclic) bond motifs is 1. The molecule has 2 aromatic carbocycles. The highest BCUT2D eigenvalue weighted by Gasteiger charge is 2.24. The van der Waals surface area contributed by atoms with Crippen LogP contribution in [-0.4, -0.2) is 46.2 Å². The number of amides is 1. The summed E-state index contributed by atoms with van der Waals surface area (Å²) in [4.78, 5) is 24.2. The molecule has 3 rings (SSSR count). The Bertz CT molecular complexity index is 1060. The minimum Gasteiger partial charge on any atom is -0.490 e. The van der Waals surface area contributed by atoms with Crippen LogP contribution in [0.4, 0.5) is 5.69 Å². The molecule has 1 amide bonds. The van der Waals surface area contributed by atoms with E-state index in [1.54, 1.807) is 18.2 Å². The highest BCUT2D eigenvalue weighted by Crippen LogP contribution is 2.32. The maximum absolute atomic E-state index is 12.3. The van der Waals surface area contributed by atoms with E-state index >= 15 is 0 Å². The van der Waals surface area contributed by atoms with Crippen molar-refractivity contribution in [2.24, 2.45) is 0 Å². The molecule has 0 spiro atoms. The number of nitrogens with one attached hydrogen (secondary N) is 2. The number of hydrogen-bond acceptors (Lipinski definition) is 7. The summed E-state index contributed by atoms with van der Waals surface area (Å²) in [7, 11) is -3.96. The van der Waals surface area contributed by atoms with Gasteiger partial charge in [0, 0.05) is 23.2 Å². The summed E-state index contributed by atoms with van der Waals surface area (Å²) in [6.45, 7) is 1.79. The molecule has 31 heavy (non-hydrogen) atoms. The Kier molecular flexibility index (Phi) is 7.37. The van der Waals surface area contributed by atoms with Crippen molar-refractivity contribution in [3.63, 3.8) is 0 Å². The van der Waals surface area contributed by atoms with Crippen molar-refractivity contribution in [2.45, 2.75) is 24.3 Å². The van der Waals surface area contributed by atoms with Gasteiger partial charge in [0.1, 0.15) is 6.04 Å². The molecule has 166 valence electrons. The number of benzene rings is 2. The van der Waals surface area contributed by atoms with Gasteiger partial charge in [-0.25, -0.2) is 8.42 Å². The van der Waals surface area contributed by atoms with Crippen LogP contribution in [0.3, 0.4) is 0 Å². The molecule has 1 aliphatic heterocycles. The number of hydrogen-bond donors (Lipinski definition) is 2. The average molecular weight is 469 g/mol. The Labute approximate surface area is 184 Å². The molecule has 2 N–H and O–H groups in total. The lowest BCUT2D eigenvalue weighted by Crippen LogP contribution is -2.40. The molecule has 0 saturated heterocycles. The summed E-state index contributed by atoms with van der Waals surface area (Å²) in [5.74, 6) is -0.386. The largest absolute Gasteiger partial charge is 0.490 e. The molecule has 0 radical (unpaired) electrons. The van der Waals surface area contributed by atoms with E-state index in [-0.39, 0.29) is 4.90 Å². The zero-order valence-electron chi connectivity index (χ0n) is 16.6. The molecule has 9 nitrogen and oxygen atoms in total. The second-order valence-electron chi connectivity index (χ2n) is 6.66. The summed E-state index contributed by atoms with van der Waals surface area (Å²) >= 11 is 5.75. The molecule has 1 heterocycles. The van der Waals surface area contributed by atoms with E-state index in [2.05, 4.69) is 10.0 Å². The fourth-order valence-corrected chi connectivity index (χ4v) is 3.98. The first kappa shape index (κ1) is 22.9.